The lowest BCUT2D eigenvalue weighted by molar-refractivity contribution is -0.139. The summed E-state index contributed by atoms with van der Waals surface area (Å²) in [6.07, 6.45) is 1.86. The minimum Gasteiger partial charge on any atom is -0.463 e. The van der Waals surface area contributed by atoms with Crippen LogP contribution in [0.25, 0.3) is 11.1 Å². The van der Waals surface area contributed by atoms with Crippen LogP contribution in [0.2, 0.25) is 0 Å². The summed E-state index contributed by atoms with van der Waals surface area (Å²) in [6, 6.07) is 9.04. The Bertz CT molecular complexity index is 2050. The third-order valence-electron chi connectivity index (χ3n) is 7.67. The largest absolute Gasteiger partial charge is 0.463 e. The Balaban J connectivity index is 1.53. The van der Waals surface area contributed by atoms with E-state index in [0.717, 1.165) is 32.4 Å². The molecule has 11 heteroatoms. The zero-order valence-corrected chi connectivity index (χ0v) is 25.7. The van der Waals surface area contributed by atoms with E-state index in [-0.39, 0.29) is 19.0 Å². The molecular weight excluding hydrogens is 572 g/mol. The van der Waals surface area contributed by atoms with E-state index in [1.807, 2.05) is 45.9 Å². The first kappa shape index (κ1) is 27.8. The van der Waals surface area contributed by atoms with E-state index in [0.29, 0.717) is 43.2 Å². The number of hydrogen-bond donors (Lipinski definition) is 0. The molecule has 0 spiro atoms. The molecule has 0 aliphatic carbocycles. The monoisotopic (exact) mass is 600 g/mol. The molecule has 1 atom stereocenters. The maximum absolute atomic E-state index is 14.1. The van der Waals surface area contributed by atoms with Gasteiger partial charge in [-0.1, -0.05) is 17.4 Å². The minimum absolute atomic E-state index is 0.111. The number of benzene rings is 1. The highest BCUT2D eigenvalue weighted by Crippen LogP contribution is 2.38. The topological polar surface area (TPSA) is 108 Å². The number of carbonyl (C=O) groups is 1. The van der Waals surface area contributed by atoms with Crippen LogP contribution in [0.15, 0.2) is 45.3 Å². The molecule has 0 amide bonds. The van der Waals surface area contributed by atoms with Crippen molar-refractivity contribution in [3.8, 4) is 22.6 Å². The van der Waals surface area contributed by atoms with Crippen LogP contribution in [0.1, 0.15) is 58.4 Å². The summed E-state index contributed by atoms with van der Waals surface area (Å²) in [5.74, 6) is 0.639. The number of fused-ring (bicyclic) bond motifs is 2. The number of thiophene rings is 1. The van der Waals surface area contributed by atoms with Crippen LogP contribution in [-0.4, -0.2) is 28.5 Å². The number of carbonyl (C=O) groups excluding carboxylic acids is 1. The predicted octanol–water partition coefficient (Wildman–Crippen LogP) is 4.48. The van der Waals surface area contributed by atoms with Gasteiger partial charge in [-0.25, -0.2) is 9.79 Å². The average molecular weight is 601 g/mol. The lowest BCUT2D eigenvalue weighted by Gasteiger charge is -2.24. The maximum atomic E-state index is 14.1. The third-order valence-corrected chi connectivity index (χ3v) is 9.84. The standard InChI is InChI=1S/C31H28N4O5S2/c1-7-38-30(37)26-17(4)33-31-35(27(26)20-8-9-23-24(11-20)40-14-39-23)28(36)25(42-31)12-21-10-15(2)34(18(21)5)29-22(13-32)16(3)19(6)41-29/h8-12,27H,7,14H2,1-6H3/b25-12+/t27-/m0/s1. The summed E-state index contributed by atoms with van der Waals surface area (Å²) >= 11 is 2.86. The van der Waals surface area contributed by atoms with Gasteiger partial charge in [-0.05, 0) is 82.5 Å². The first-order valence-corrected chi connectivity index (χ1v) is 15.1. The third kappa shape index (κ3) is 4.30. The fourth-order valence-corrected chi connectivity index (χ4v) is 7.73. The molecule has 0 unspecified atom stereocenters. The van der Waals surface area contributed by atoms with Crippen molar-refractivity contribution in [2.24, 2.45) is 4.99 Å². The molecule has 6 rings (SSSR count). The highest BCUT2D eigenvalue weighted by atomic mass is 32.1. The van der Waals surface area contributed by atoms with Gasteiger partial charge in [-0.3, -0.25) is 9.36 Å². The summed E-state index contributed by atoms with van der Waals surface area (Å²) in [6.45, 7) is 11.8. The Labute approximate surface area is 249 Å². The number of aryl methyl sites for hydroxylation is 2. The number of nitriles is 1. The van der Waals surface area contributed by atoms with Gasteiger partial charge in [0.25, 0.3) is 5.56 Å². The Morgan fingerprint density at radius 2 is 1.93 bits per heavy atom. The van der Waals surface area contributed by atoms with Gasteiger partial charge in [-0.2, -0.15) is 5.26 Å². The summed E-state index contributed by atoms with van der Waals surface area (Å²) < 4.78 is 20.6. The normalized spacial score (nSPS) is 15.9. The van der Waals surface area contributed by atoms with E-state index in [1.54, 1.807) is 41.9 Å². The molecule has 42 heavy (non-hydrogen) atoms. The molecule has 0 bridgehead atoms. The first-order valence-electron chi connectivity index (χ1n) is 13.4. The minimum atomic E-state index is -0.750. The van der Waals surface area contributed by atoms with Gasteiger partial charge in [0.1, 0.15) is 11.1 Å². The Morgan fingerprint density at radius 1 is 1.17 bits per heavy atom. The zero-order chi connectivity index (χ0) is 29.9. The number of nitrogens with zero attached hydrogens (tertiary/aromatic N) is 4. The zero-order valence-electron chi connectivity index (χ0n) is 24.0. The van der Waals surface area contributed by atoms with E-state index >= 15 is 0 Å². The molecule has 0 fully saturated rings. The second kappa shape index (κ2) is 10.5. The smallest absolute Gasteiger partial charge is 0.338 e. The number of rotatable bonds is 5. The molecule has 5 heterocycles. The van der Waals surface area contributed by atoms with Crippen molar-refractivity contribution in [1.29, 1.82) is 5.26 Å². The van der Waals surface area contributed by atoms with E-state index in [4.69, 9.17) is 14.2 Å². The lowest BCUT2D eigenvalue weighted by atomic mass is 9.95. The fraction of sp³-hybridized carbons (Fsp3) is 0.290. The Morgan fingerprint density at radius 3 is 2.67 bits per heavy atom. The number of thiazole rings is 1. The molecule has 2 aliphatic heterocycles. The summed E-state index contributed by atoms with van der Waals surface area (Å²) in [4.78, 5) is 33.6. The Hall–Kier alpha value is -4.40. The van der Waals surface area contributed by atoms with Crippen molar-refractivity contribution in [3.63, 3.8) is 0 Å². The molecular formula is C31H28N4O5S2. The molecule has 1 aromatic carbocycles. The van der Waals surface area contributed by atoms with Gasteiger partial charge in [0.2, 0.25) is 6.79 Å². The molecule has 214 valence electrons. The average Bonchev–Trinajstić information content (AvgIpc) is 3.68. The van der Waals surface area contributed by atoms with Crippen molar-refractivity contribution in [2.45, 2.75) is 47.6 Å². The van der Waals surface area contributed by atoms with Crippen molar-refractivity contribution in [2.75, 3.05) is 13.4 Å². The van der Waals surface area contributed by atoms with Crippen LogP contribution < -0.4 is 24.4 Å². The van der Waals surface area contributed by atoms with Crippen LogP contribution in [0, 0.1) is 39.0 Å². The molecule has 3 aromatic heterocycles. The first-order chi connectivity index (χ1) is 20.1. The summed E-state index contributed by atoms with van der Waals surface area (Å²) in [7, 11) is 0. The van der Waals surface area contributed by atoms with Crippen molar-refractivity contribution in [1.82, 2.24) is 9.13 Å². The van der Waals surface area contributed by atoms with Gasteiger partial charge in [-0.15, -0.1) is 11.3 Å². The summed E-state index contributed by atoms with van der Waals surface area (Å²) in [5.41, 5.74) is 5.62. The number of ether oxygens (including phenoxy) is 3. The summed E-state index contributed by atoms with van der Waals surface area (Å²) in [5, 5.41) is 10.7. The maximum Gasteiger partial charge on any atom is 0.338 e. The van der Waals surface area contributed by atoms with Gasteiger partial charge in [0.15, 0.2) is 16.3 Å². The quantitative estimate of drug-likeness (QED) is 0.313. The van der Waals surface area contributed by atoms with Gasteiger partial charge >= 0.3 is 5.97 Å². The fourth-order valence-electron chi connectivity index (χ4n) is 5.48. The molecule has 0 radical (unpaired) electrons. The second-order valence-electron chi connectivity index (χ2n) is 10.2. The van der Waals surface area contributed by atoms with Crippen molar-refractivity contribution < 1.29 is 19.0 Å². The van der Waals surface area contributed by atoms with E-state index in [9.17, 15) is 14.9 Å². The molecule has 0 saturated carbocycles. The van der Waals surface area contributed by atoms with Crippen LogP contribution in [0.3, 0.4) is 0 Å². The van der Waals surface area contributed by atoms with Crippen LogP contribution >= 0.6 is 22.7 Å². The predicted molar refractivity (Wildman–Crippen MR) is 160 cm³/mol. The highest BCUT2D eigenvalue weighted by Gasteiger charge is 2.34. The molecule has 0 N–H and O–H groups in total. The Kier molecular flexibility index (Phi) is 6.91. The van der Waals surface area contributed by atoms with Crippen LogP contribution in [-0.2, 0) is 9.53 Å². The molecule has 4 aromatic rings. The van der Waals surface area contributed by atoms with Crippen LogP contribution in [0.5, 0.6) is 11.5 Å². The van der Waals surface area contributed by atoms with Crippen LogP contribution in [0.4, 0.5) is 0 Å². The molecule has 0 saturated heterocycles. The number of esters is 1. The SMILES string of the molecule is CCOC(=O)C1=C(C)N=c2s/c(=C/c3cc(C)n(-c4sc(C)c(C)c4C#N)c3C)c(=O)n2[C@H]1c1ccc2c(c1)OCO2. The second-order valence-corrected chi connectivity index (χ2v) is 12.4. The number of aromatic nitrogens is 2. The number of allylic oxidation sites excluding steroid dienone is 1. The van der Waals surface area contributed by atoms with E-state index in [1.165, 1.54) is 11.3 Å². The molecule has 9 nitrogen and oxygen atoms in total. The van der Waals surface area contributed by atoms with Gasteiger partial charge in [0.05, 0.1) is 34.0 Å². The van der Waals surface area contributed by atoms with E-state index < -0.39 is 12.0 Å². The van der Waals surface area contributed by atoms with Crippen molar-refractivity contribution >= 4 is 34.7 Å². The number of hydrogen-bond acceptors (Lipinski definition) is 9. The van der Waals surface area contributed by atoms with Crippen molar-refractivity contribution in [3.05, 3.63) is 93.7 Å². The lowest BCUT2D eigenvalue weighted by Crippen LogP contribution is -2.39. The van der Waals surface area contributed by atoms with E-state index in [2.05, 4.69) is 15.6 Å². The molecule has 2 aliphatic rings. The van der Waals surface area contributed by atoms with Gasteiger partial charge in [0, 0.05) is 16.3 Å². The highest BCUT2D eigenvalue weighted by molar-refractivity contribution is 7.15. The van der Waals surface area contributed by atoms with Gasteiger partial charge < -0.3 is 18.8 Å².